The number of carbonyl (C=O) groups is 1. The zero-order valence-electron chi connectivity index (χ0n) is 18.2. The van der Waals surface area contributed by atoms with Crippen molar-refractivity contribution >= 4 is 26.9 Å². The fraction of sp³-hybridized carbons (Fsp3) is 0.348. The summed E-state index contributed by atoms with van der Waals surface area (Å²) in [5.74, 6) is -2.34. The molecule has 2 heterocycles. The summed E-state index contributed by atoms with van der Waals surface area (Å²) in [6.07, 6.45) is -3.13. The predicted octanol–water partition coefficient (Wildman–Crippen LogP) is 3.31. The van der Waals surface area contributed by atoms with E-state index in [0.717, 1.165) is 5.56 Å². The second-order valence-corrected chi connectivity index (χ2v) is 10.3. The summed E-state index contributed by atoms with van der Waals surface area (Å²) in [6.45, 7) is 1.45. The molecule has 4 rings (SSSR count). The van der Waals surface area contributed by atoms with Crippen molar-refractivity contribution in [3.05, 3.63) is 66.4 Å². The number of benzene rings is 2. The molecular formula is C23H23F3N2O5S. The third-order valence-electron chi connectivity index (χ3n) is 6.04. The molecule has 0 radical (unpaired) electrons. The summed E-state index contributed by atoms with van der Waals surface area (Å²) in [6, 6.07) is 14.5. The van der Waals surface area contributed by atoms with Gasteiger partial charge in [0.25, 0.3) is 10.0 Å². The van der Waals surface area contributed by atoms with Crippen molar-refractivity contribution in [3.8, 4) is 0 Å². The standard InChI is InChI=1S/C23H23F3N2O5S/c1-22(30,15-33-21(29)23(24,25)26)20-11-12-27(20)14-16-6-5-9-19-18(16)10-13-28(19)34(31,32)17-7-3-2-4-8-17/h2-10,13,20,30H,11-12,14-15H2,1H3/t20-,22?/m0/s1. The third-order valence-corrected chi connectivity index (χ3v) is 7.74. The lowest BCUT2D eigenvalue weighted by molar-refractivity contribution is -0.209. The fourth-order valence-electron chi connectivity index (χ4n) is 4.20. The number of likely N-dealkylation sites (tertiary alicyclic amines) is 1. The highest BCUT2D eigenvalue weighted by Crippen LogP contribution is 2.33. The topological polar surface area (TPSA) is 88.8 Å². The molecule has 0 saturated carbocycles. The molecule has 1 aliphatic heterocycles. The van der Waals surface area contributed by atoms with E-state index in [1.807, 2.05) is 11.0 Å². The van der Waals surface area contributed by atoms with E-state index in [-0.39, 0.29) is 4.90 Å². The maximum Gasteiger partial charge on any atom is 0.490 e. The molecule has 2 aromatic carbocycles. The molecule has 7 nitrogen and oxygen atoms in total. The van der Waals surface area contributed by atoms with Crippen molar-refractivity contribution in [2.75, 3.05) is 13.2 Å². The fourth-order valence-corrected chi connectivity index (χ4v) is 5.57. The minimum Gasteiger partial charge on any atom is -0.456 e. The summed E-state index contributed by atoms with van der Waals surface area (Å²) in [4.78, 5) is 13.0. The molecule has 0 spiro atoms. The van der Waals surface area contributed by atoms with Gasteiger partial charge < -0.3 is 9.84 Å². The van der Waals surface area contributed by atoms with Crippen molar-refractivity contribution in [1.82, 2.24) is 8.87 Å². The molecular weight excluding hydrogens is 473 g/mol. The number of rotatable bonds is 7. The summed E-state index contributed by atoms with van der Waals surface area (Å²) in [5, 5.41) is 11.4. The molecule has 34 heavy (non-hydrogen) atoms. The summed E-state index contributed by atoms with van der Waals surface area (Å²) < 4.78 is 68.9. The van der Waals surface area contributed by atoms with Crippen LogP contribution in [0.4, 0.5) is 13.2 Å². The Morgan fingerprint density at radius 2 is 1.82 bits per heavy atom. The van der Waals surface area contributed by atoms with Crippen LogP contribution in [0.2, 0.25) is 0 Å². The van der Waals surface area contributed by atoms with Gasteiger partial charge in [0, 0.05) is 30.7 Å². The van der Waals surface area contributed by atoms with E-state index in [2.05, 4.69) is 4.74 Å². The molecule has 2 atom stereocenters. The zero-order valence-corrected chi connectivity index (χ0v) is 19.0. The lowest BCUT2D eigenvalue weighted by atomic mass is 9.86. The van der Waals surface area contributed by atoms with Crippen LogP contribution in [0.5, 0.6) is 0 Å². The molecule has 182 valence electrons. The maximum atomic E-state index is 13.1. The average Bonchev–Trinajstić information content (AvgIpc) is 3.20. The number of hydrogen-bond acceptors (Lipinski definition) is 6. The van der Waals surface area contributed by atoms with Crippen LogP contribution >= 0.6 is 0 Å². The smallest absolute Gasteiger partial charge is 0.456 e. The first-order valence-electron chi connectivity index (χ1n) is 10.5. The van der Waals surface area contributed by atoms with Crippen LogP contribution in [0.3, 0.4) is 0 Å². The molecule has 1 unspecified atom stereocenters. The number of nitrogens with zero attached hydrogens (tertiary/aromatic N) is 2. The van der Waals surface area contributed by atoms with Gasteiger partial charge in [0.05, 0.1) is 10.4 Å². The van der Waals surface area contributed by atoms with Crippen LogP contribution in [0, 0.1) is 0 Å². The normalized spacial score (nSPS) is 18.9. The molecule has 3 aromatic rings. The predicted molar refractivity (Wildman–Crippen MR) is 117 cm³/mol. The lowest BCUT2D eigenvalue weighted by Crippen LogP contribution is -2.61. The summed E-state index contributed by atoms with van der Waals surface area (Å²) in [7, 11) is -3.80. The minimum absolute atomic E-state index is 0.158. The van der Waals surface area contributed by atoms with E-state index < -0.39 is 40.4 Å². The molecule has 1 aromatic heterocycles. The van der Waals surface area contributed by atoms with Crippen molar-refractivity contribution in [2.45, 2.75) is 42.6 Å². The number of halogens is 3. The van der Waals surface area contributed by atoms with Gasteiger partial charge in [-0.15, -0.1) is 0 Å². The highest BCUT2D eigenvalue weighted by molar-refractivity contribution is 7.90. The Balaban J connectivity index is 1.54. The van der Waals surface area contributed by atoms with Gasteiger partial charge >= 0.3 is 12.1 Å². The molecule has 1 saturated heterocycles. The maximum absolute atomic E-state index is 13.1. The van der Waals surface area contributed by atoms with Crippen molar-refractivity contribution in [3.63, 3.8) is 0 Å². The van der Waals surface area contributed by atoms with Gasteiger partial charge in [-0.3, -0.25) is 4.90 Å². The molecule has 1 N–H and O–H groups in total. The van der Waals surface area contributed by atoms with E-state index in [4.69, 9.17) is 0 Å². The molecule has 1 fully saturated rings. The van der Waals surface area contributed by atoms with Crippen LogP contribution < -0.4 is 0 Å². The van der Waals surface area contributed by atoms with Gasteiger partial charge in [-0.1, -0.05) is 30.3 Å². The van der Waals surface area contributed by atoms with Crippen LogP contribution in [0.15, 0.2) is 65.7 Å². The first kappa shape index (κ1) is 24.2. The summed E-state index contributed by atoms with van der Waals surface area (Å²) in [5.41, 5.74) is -0.396. The van der Waals surface area contributed by atoms with Gasteiger partial charge in [-0.2, -0.15) is 13.2 Å². The number of esters is 1. The molecule has 0 amide bonds. The number of aromatic nitrogens is 1. The third kappa shape index (κ3) is 4.55. The molecule has 0 bridgehead atoms. The van der Waals surface area contributed by atoms with E-state index in [1.54, 1.807) is 36.4 Å². The van der Waals surface area contributed by atoms with E-state index in [1.165, 1.54) is 29.2 Å². The highest BCUT2D eigenvalue weighted by Gasteiger charge is 2.46. The minimum atomic E-state index is -5.13. The highest BCUT2D eigenvalue weighted by atomic mass is 32.2. The molecule has 0 aliphatic carbocycles. The van der Waals surface area contributed by atoms with E-state index in [9.17, 15) is 31.5 Å². The van der Waals surface area contributed by atoms with Crippen LogP contribution in [0.25, 0.3) is 10.9 Å². The quantitative estimate of drug-likeness (QED) is 0.505. The zero-order chi connectivity index (χ0) is 24.7. The van der Waals surface area contributed by atoms with E-state index >= 15 is 0 Å². The van der Waals surface area contributed by atoms with Gasteiger partial charge in [-0.05, 0) is 43.2 Å². The Morgan fingerprint density at radius 3 is 2.44 bits per heavy atom. The number of fused-ring (bicyclic) bond motifs is 1. The van der Waals surface area contributed by atoms with E-state index in [0.29, 0.717) is 30.4 Å². The number of hydrogen-bond donors (Lipinski definition) is 1. The van der Waals surface area contributed by atoms with Gasteiger partial charge in [0.15, 0.2) is 0 Å². The van der Waals surface area contributed by atoms with Crippen LogP contribution in [-0.2, 0) is 26.1 Å². The Bertz CT molecular complexity index is 1300. The Hall–Kier alpha value is -2.89. The van der Waals surface area contributed by atoms with Crippen LogP contribution in [0.1, 0.15) is 18.9 Å². The number of aliphatic hydroxyl groups is 1. The monoisotopic (exact) mass is 496 g/mol. The summed E-state index contributed by atoms with van der Waals surface area (Å²) >= 11 is 0. The number of ether oxygens (including phenoxy) is 1. The Labute approximate surface area is 194 Å². The first-order chi connectivity index (χ1) is 15.9. The van der Waals surface area contributed by atoms with Crippen molar-refractivity contribution in [1.29, 1.82) is 0 Å². The van der Waals surface area contributed by atoms with Crippen LogP contribution in [-0.4, -0.2) is 59.3 Å². The SMILES string of the molecule is CC(O)(COC(=O)C(F)(F)F)[C@@H]1CCN1Cc1cccc2c1ccn2S(=O)(=O)c1ccccc1. The van der Waals surface area contributed by atoms with Gasteiger partial charge in [-0.25, -0.2) is 17.2 Å². The molecule has 1 aliphatic rings. The lowest BCUT2D eigenvalue weighted by Gasteiger charge is -2.48. The molecule has 11 heteroatoms. The van der Waals surface area contributed by atoms with Gasteiger partial charge in [0.2, 0.25) is 0 Å². The van der Waals surface area contributed by atoms with Crippen molar-refractivity contribution < 1.29 is 36.2 Å². The Kier molecular flexibility index (Phi) is 6.21. The number of alkyl halides is 3. The first-order valence-corrected chi connectivity index (χ1v) is 12.0. The largest absolute Gasteiger partial charge is 0.490 e. The second-order valence-electron chi connectivity index (χ2n) is 8.49. The Morgan fingerprint density at radius 1 is 1.12 bits per heavy atom. The van der Waals surface area contributed by atoms with Crippen molar-refractivity contribution in [2.24, 2.45) is 0 Å². The second kappa shape index (κ2) is 8.71. The number of carbonyl (C=O) groups excluding carboxylic acids is 1. The average molecular weight is 497 g/mol. The van der Waals surface area contributed by atoms with Gasteiger partial charge in [0.1, 0.15) is 12.2 Å².